The standard InChI is InChI=1S/C14H16N6O2S.CH2O2/c1-8-10(13(22)18(2)3)23-14(16-8)17-11(21)9-7-15-20-6-5-19(4)12(9)20;2-1-3/h5-7H,1-4H3,(H,16,17,21);1H,(H,2,3). The molecule has 3 aromatic rings. The molecule has 3 aromatic heterocycles. The molecule has 0 fully saturated rings. The first-order chi connectivity index (χ1) is 12.3. The number of hydrogen-bond acceptors (Lipinski definition) is 6. The second-order valence-electron chi connectivity index (χ2n) is 5.43. The number of rotatable bonds is 3. The van der Waals surface area contributed by atoms with Crippen LogP contribution in [-0.4, -0.2) is 61.6 Å². The molecule has 0 aromatic carbocycles. The summed E-state index contributed by atoms with van der Waals surface area (Å²) >= 11 is 1.16. The number of nitrogens with one attached hydrogen (secondary N) is 1. The largest absolute Gasteiger partial charge is 0.483 e. The van der Waals surface area contributed by atoms with Crippen LogP contribution in [0.25, 0.3) is 5.65 Å². The zero-order chi connectivity index (χ0) is 19.4. The number of aromatic nitrogens is 4. The minimum atomic E-state index is -0.306. The van der Waals surface area contributed by atoms with Gasteiger partial charge in [0.25, 0.3) is 18.3 Å². The summed E-state index contributed by atoms with van der Waals surface area (Å²) in [6.45, 7) is 1.50. The average Bonchev–Trinajstić information content (AvgIpc) is 3.24. The van der Waals surface area contributed by atoms with E-state index < -0.39 is 0 Å². The fourth-order valence-corrected chi connectivity index (χ4v) is 3.21. The lowest BCUT2D eigenvalue weighted by atomic mass is 10.3. The molecular weight excluding hydrogens is 360 g/mol. The fourth-order valence-electron chi connectivity index (χ4n) is 2.23. The Bertz CT molecular complexity index is 955. The summed E-state index contributed by atoms with van der Waals surface area (Å²) in [4.78, 5) is 39.1. The third kappa shape index (κ3) is 3.72. The highest BCUT2D eigenvalue weighted by molar-refractivity contribution is 7.17. The Morgan fingerprint density at radius 3 is 2.62 bits per heavy atom. The van der Waals surface area contributed by atoms with E-state index in [1.165, 1.54) is 11.1 Å². The molecule has 0 unspecified atom stereocenters. The number of nitrogens with zero attached hydrogens (tertiary/aromatic N) is 5. The van der Waals surface area contributed by atoms with Crippen molar-refractivity contribution in [2.75, 3.05) is 19.4 Å². The Balaban J connectivity index is 0.000000758. The number of amides is 2. The molecule has 26 heavy (non-hydrogen) atoms. The van der Waals surface area contributed by atoms with Crippen LogP contribution in [0, 0.1) is 6.92 Å². The smallest absolute Gasteiger partial charge is 0.290 e. The normalized spacial score (nSPS) is 10.2. The second kappa shape index (κ2) is 7.78. The number of hydrogen-bond donors (Lipinski definition) is 2. The van der Waals surface area contributed by atoms with Crippen molar-refractivity contribution in [3.63, 3.8) is 0 Å². The van der Waals surface area contributed by atoms with E-state index >= 15 is 0 Å². The minimum absolute atomic E-state index is 0.129. The van der Waals surface area contributed by atoms with E-state index in [1.807, 2.05) is 17.8 Å². The molecule has 0 aliphatic carbocycles. The molecule has 0 bridgehead atoms. The third-order valence-corrected chi connectivity index (χ3v) is 4.46. The van der Waals surface area contributed by atoms with Crippen LogP contribution >= 0.6 is 11.3 Å². The molecule has 10 nitrogen and oxygen atoms in total. The van der Waals surface area contributed by atoms with E-state index in [9.17, 15) is 9.59 Å². The predicted octanol–water partition coefficient (Wildman–Crippen LogP) is 1.09. The Hall–Kier alpha value is -3.21. The molecule has 0 radical (unpaired) electrons. The lowest BCUT2D eigenvalue weighted by molar-refractivity contribution is -0.122. The molecule has 0 saturated heterocycles. The topological polar surface area (TPSA) is 122 Å². The number of fused-ring (bicyclic) bond motifs is 1. The summed E-state index contributed by atoms with van der Waals surface area (Å²) in [7, 11) is 5.20. The van der Waals surface area contributed by atoms with E-state index in [0.717, 1.165) is 11.3 Å². The van der Waals surface area contributed by atoms with Gasteiger partial charge in [0, 0.05) is 33.5 Å². The van der Waals surface area contributed by atoms with Crippen LogP contribution in [0.5, 0.6) is 0 Å². The third-order valence-electron chi connectivity index (χ3n) is 3.40. The Kier molecular flexibility index (Phi) is 5.72. The van der Waals surface area contributed by atoms with Crippen LogP contribution in [0.3, 0.4) is 0 Å². The number of anilines is 1. The van der Waals surface area contributed by atoms with Crippen molar-refractivity contribution in [2.24, 2.45) is 7.05 Å². The molecule has 3 heterocycles. The molecule has 2 N–H and O–H groups in total. The summed E-state index contributed by atoms with van der Waals surface area (Å²) in [5, 5.41) is 14.2. The minimum Gasteiger partial charge on any atom is -0.483 e. The van der Waals surface area contributed by atoms with Crippen LogP contribution in [-0.2, 0) is 11.8 Å². The lowest BCUT2D eigenvalue weighted by Crippen LogP contribution is -2.21. The number of carboxylic acid groups (broad SMARTS) is 1. The van der Waals surface area contributed by atoms with Gasteiger partial charge in [0.05, 0.1) is 11.9 Å². The fraction of sp³-hybridized carbons (Fsp3) is 0.267. The first-order valence-electron chi connectivity index (χ1n) is 7.37. The van der Waals surface area contributed by atoms with Crippen molar-refractivity contribution in [3.8, 4) is 0 Å². The van der Waals surface area contributed by atoms with Gasteiger partial charge in [-0.2, -0.15) is 5.10 Å². The zero-order valence-corrected chi connectivity index (χ0v) is 15.4. The van der Waals surface area contributed by atoms with E-state index in [0.29, 0.717) is 26.9 Å². The van der Waals surface area contributed by atoms with Gasteiger partial charge in [-0.25, -0.2) is 9.50 Å². The maximum atomic E-state index is 12.5. The SMILES string of the molecule is Cc1nc(NC(=O)c2cnn3ccn(C)c23)sc1C(=O)N(C)C.O=CO. The van der Waals surface area contributed by atoms with Crippen LogP contribution < -0.4 is 5.32 Å². The molecule has 2 amide bonds. The molecule has 0 atom stereocenters. The Morgan fingerprint density at radius 2 is 2.00 bits per heavy atom. The van der Waals surface area contributed by atoms with Crippen LogP contribution in [0.2, 0.25) is 0 Å². The molecule has 0 aliphatic rings. The van der Waals surface area contributed by atoms with Gasteiger partial charge in [0.1, 0.15) is 16.1 Å². The first kappa shape index (κ1) is 19.1. The summed E-state index contributed by atoms with van der Waals surface area (Å²) < 4.78 is 3.44. The van der Waals surface area contributed by atoms with Crippen molar-refractivity contribution >= 4 is 40.4 Å². The number of carbonyl (C=O) groups excluding carboxylic acids is 2. The highest BCUT2D eigenvalue weighted by atomic mass is 32.1. The molecule has 0 aliphatic heterocycles. The van der Waals surface area contributed by atoms with Crippen LogP contribution in [0.15, 0.2) is 18.6 Å². The number of carbonyl (C=O) groups is 3. The monoisotopic (exact) mass is 378 g/mol. The van der Waals surface area contributed by atoms with Crippen LogP contribution in [0.1, 0.15) is 25.7 Å². The van der Waals surface area contributed by atoms with Gasteiger partial charge in [-0.1, -0.05) is 11.3 Å². The number of thiazole rings is 1. The highest BCUT2D eigenvalue weighted by Gasteiger charge is 2.20. The summed E-state index contributed by atoms with van der Waals surface area (Å²) in [6, 6.07) is 0. The summed E-state index contributed by atoms with van der Waals surface area (Å²) in [5.41, 5.74) is 1.74. The molecule has 11 heteroatoms. The van der Waals surface area contributed by atoms with Crippen molar-refractivity contribution in [2.45, 2.75) is 6.92 Å². The molecule has 0 spiro atoms. The van der Waals surface area contributed by atoms with Crippen molar-refractivity contribution < 1.29 is 19.5 Å². The van der Waals surface area contributed by atoms with Crippen LogP contribution in [0.4, 0.5) is 5.13 Å². The van der Waals surface area contributed by atoms with Gasteiger partial charge in [0.2, 0.25) is 0 Å². The maximum Gasteiger partial charge on any atom is 0.290 e. The average molecular weight is 378 g/mol. The first-order valence-corrected chi connectivity index (χ1v) is 8.18. The van der Waals surface area contributed by atoms with Gasteiger partial charge in [0.15, 0.2) is 5.13 Å². The molecular formula is C15H18N6O4S. The molecule has 3 rings (SSSR count). The predicted molar refractivity (Wildman–Crippen MR) is 95.7 cm³/mol. The zero-order valence-electron chi connectivity index (χ0n) is 14.6. The van der Waals surface area contributed by atoms with Crippen molar-refractivity contribution in [1.82, 2.24) is 24.1 Å². The van der Waals surface area contributed by atoms with Crippen molar-refractivity contribution in [3.05, 3.63) is 34.7 Å². The Labute approximate surface area is 152 Å². The quantitative estimate of drug-likeness (QED) is 0.658. The van der Waals surface area contributed by atoms with E-state index in [2.05, 4.69) is 15.4 Å². The van der Waals surface area contributed by atoms with Gasteiger partial charge in [-0.15, -0.1) is 0 Å². The van der Waals surface area contributed by atoms with E-state index in [4.69, 9.17) is 9.90 Å². The van der Waals surface area contributed by atoms with Gasteiger partial charge < -0.3 is 14.6 Å². The number of imidazole rings is 1. The van der Waals surface area contributed by atoms with Gasteiger partial charge >= 0.3 is 0 Å². The summed E-state index contributed by atoms with van der Waals surface area (Å²) in [6.07, 6.45) is 5.10. The number of aryl methyl sites for hydroxylation is 2. The molecule has 0 saturated carbocycles. The molecule has 138 valence electrons. The highest BCUT2D eigenvalue weighted by Crippen LogP contribution is 2.24. The summed E-state index contributed by atoms with van der Waals surface area (Å²) in [5.74, 6) is -0.435. The van der Waals surface area contributed by atoms with Gasteiger partial charge in [-0.3, -0.25) is 19.7 Å². The van der Waals surface area contributed by atoms with Crippen molar-refractivity contribution in [1.29, 1.82) is 0 Å². The van der Waals surface area contributed by atoms with E-state index in [-0.39, 0.29) is 18.3 Å². The second-order valence-corrected chi connectivity index (χ2v) is 6.43. The van der Waals surface area contributed by atoms with E-state index in [1.54, 1.807) is 31.7 Å². The Morgan fingerprint density at radius 1 is 1.35 bits per heavy atom. The lowest BCUT2D eigenvalue weighted by Gasteiger charge is -2.07. The van der Waals surface area contributed by atoms with Gasteiger partial charge in [-0.05, 0) is 6.92 Å². The maximum absolute atomic E-state index is 12.5.